The van der Waals surface area contributed by atoms with Crippen molar-refractivity contribution in [2.24, 2.45) is 5.73 Å². The summed E-state index contributed by atoms with van der Waals surface area (Å²) in [5.41, 5.74) is 6.62. The second-order valence-corrected chi connectivity index (χ2v) is 3.51. The maximum atomic E-state index is 10.8. The minimum atomic E-state index is -0.418. The Bertz CT molecular complexity index is 436. The van der Waals surface area contributed by atoms with Crippen LogP contribution < -0.4 is 5.73 Å². The van der Waals surface area contributed by atoms with Crippen LogP contribution in [0.1, 0.15) is 10.4 Å². The number of hydrogen-bond acceptors (Lipinski definition) is 4. The topological polar surface area (TPSA) is 68.9 Å². The molecule has 0 aliphatic rings. The van der Waals surface area contributed by atoms with E-state index in [1.54, 1.807) is 18.3 Å². The van der Waals surface area contributed by atoms with Crippen molar-refractivity contribution in [2.75, 3.05) is 0 Å². The van der Waals surface area contributed by atoms with E-state index in [1.807, 2.05) is 12.1 Å². The first-order chi connectivity index (χ1) is 6.77. The predicted octanol–water partition coefficient (Wildman–Crippen LogP) is 1.30. The molecule has 0 spiro atoms. The molecule has 2 aromatic rings. The quantitative estimate of drug-likeness (QED) is 0.803. The zero-order chi connectivity index (χ0) is 9.97. The molecule has 70 valence electrons. The molecule has 5 heteroatoms. The van der Waals surface area contributed by atoms with Crippen LogP contribution in [0.25, 0.3) is 10.4 Å². The summed E-state index contributed by atoms with van der Waals surface area (Å²) >= 11 is 1.31. The Kier molecular flexibility index (Phi) is 2.24. The summed E-state index contributed by atoms with van der Waals surface area (Å²) in [5, 5.41) is 3.73. The average Bonchev–Trinajstić information content (AvgIpc) is 2.71. The van der Waals surface area contributed by atoms with Gasteiger partial charge in [-0.1, -0.05) is 16.6 Å². The summed E-state index contributed by atoms with van der Waals surface area (Å²) in [7, 11) is 0. The molecule has 0 unspecified atom stereocenters. The van der Waals surface area contributed by atoms with E-state index in [9.17, 15) is 4.79 Å². The molecule has 0 radical (unpaired) electrons. The molecular weight excluding hydrogens is 198 g/mol. The summed E-state index contributed by atoms with van der Waals surface area (Å²) in [4.78, 5) is 11.8. The number of carbonyl (C=O) groups is 1. The van der Waals surface area contributed by atoms with Crippen LogP contribution in [0.2, 0.25) is 0 Å². The lowest BCUT2D eigenvalue weighted by atomic mass is 10.1. The van der Waals surface area contributed by atoms with Crippen LogP contribution in [-0.4, -0.2) is 15.5 Å². The third-order valence-corrected chi connectivity index (χ3v) is 2.53. The van der Waals surface area contributed by atoms with Crippen molar-refractivity contribution in [1.29, 1.82) is 0 Å². The van der Waals surface area contributed by atoms with E-state index >= 15 is 0 Å². The SMILES string of the molecule is NC(=O)c1ccc(-c2cnns2)cc1. The molecular formula is C9H7N3OS. The van der Waals surface area contributed by atoms with Gasteiger partial charge in [0.1, 0.15) is 0 Å². The first-order valence-electron chi connectivity index (χ1n) is 3.95. The minimum absolute atomic E-state index is 0.418. The second-order valence-electron chi connectivity index (χ2n) is 2.72. The summed E-state index contributed by atoms with van der Waals surface area (Å²) in [5.74, 6) is -0.418. The lowest BCUT2D eigenvalue weighted by Crippen LogP contribution is -2.10. The van der Waals surface area contributed by atoms with Gasteiger partial charge in [0, 0.05) is 5.56 Å². The lowest BCUT2D eigenvalue weighted by Gasteiger charge is -1.97. The van der Waals surface area contributed by atoms with Gasteiger partial charge in [0.25, 0.3) is 0 Å². The molecule has 2 rings (SSSR count). The van der Waals surface area contributed by atoms with Gasteiger partial charge in [-0.05, 0) is 29.2 Å². The van der Waals surface area contributed by atoms with Crippen molar-refractivity contribution in [3.05, 3.63) is 36.0 Å². The summed E-state index contributed by atoms with van der Waals surface area (Å²) < 4.78 is 3.76. The second kappa shape index (κ2) is 3.55. The van der Waals surface area contributed by atoms with Crippen molar-refractivity contribution in [1.82, 2.24) is 9.59 Å². The number of carbonyl (C=O) groups excluding carboxylic acids is 1. The maximum Gasteiger partial charge on any atom is 0.248 e. The van der Waals surface area contributed by atoms with Gasteiger partial charge >= 0.3 is 0 Å². The highest BCUT2D eigenvalue weighted by Gasteiger charge is 2.02. The zero-order valence-electron chi connectivity index (χ0n) is 7.18. The van der Waals surface area contributed by atoms with Gasteiger partial charge in [0.15, 0.2) is 0 Å². The first kappa shape index (κ1) is 8.83. The van der Waals surface area contributed by atoms with Gasteiger partial charge in [-0.3, -0.25) is 4.79 Å². The van der Waals surface area contributed by atoms with Gasteiger partial charge in [-0.2, -0.15) is 0 Å². The number of rotatable bonds is 2. The highest BCUT2D eigenvalue weighted by atomic mass is 32.1. The van der Waals surface area contributed by atoms with Gasteiger partial charge in [-0.25, -0.2) is 0 Å². The van der Waals surface area contributed by atoms with E-state index in [0.717, 1.165) is 10.4 Å². The molecule has 0 saturated carbocycles. The van der Waals surface area contributed by atoms with Crippen LogP contribution in [0.15, 0.2) is 30.5 Å². The number of primary amides is 1. The average molecular weight is 205 g/mol. The largest absolute Gasteiger partial charge is 0.366 e. The Morgan fingerprint density at radius 3 is 2.50 bits per heavy atom. The van der Waals surface area contributed by atoms with Gasteiger partial charge in [-0.15, -0.1) is 5.10 Å². The highest BCUT2D eigenvalue weighted by molar-refractivity contribution is 7.09. The van der Waals surface area contributed by atoms with E-state index in [0.29, 0.717) is 5.56 Å². The lowest BCUT2D eigenvalue weighted by molar-refractivity contribution is 0.100. The fourth-order valence-electron chi connectivity index (χ4n) is 1.09. The molecule has 2 N–H and O–H groups in total. The van der Waals surface area contributed by atoms with Gasteiger partial charge in [0.05, 0.1) is 11.1 Å². The number of aromatic nitrogens is 2. The first-order valence-corrected chi connectivity index (χ1v) is 4.72. The Morgan fingerprint density at radius 2 is 2.00 bits per heavy atom. The molecule has 1 aromatic heterocycles. The van der Waals surface area contributed by atoms with Crippen LogP contribution in [0, 0.1) is 0 Å². The summed E-state index contributed by atoms with van der Waals surface area (Å²) in [6.45, 7) is 0. The molecule has 0 aliphatic heterocycles. The Labute approximate surface area is 84.5 Å². The number of nitrogens with zero attached hydrogens (tertiary/aromatic N) is 2. The van der Waals surface area contributed by atoms with Crippen molar-refractivity contribution in [3.8, 4) is 10.4 Å². The Hall–Kier alpha value is -1.75. The standard InChI is InChI=1S/C9H7N3OS/c10-9(13)7-3-1-6(2-4-7)8-5-11-12-14-8/h1-5H,(H2,10,13). The molecule has 0 aliphatic carbocycles. The van der Waals surface area contributed by atoms with Crippen LogP contribution >= 0.6 is 11.5 Å². The van der Waals surface area contributed by atoms with Crippen LogP contribution in [0.3, 0.4) is 0 Å². The predicted molar refractivity (Wildman–Crippen MR) is 53.9 cm³/mol. The zero-order valence-corrected chi connectivity index (χ0v) is 7.99. The number of amides is 1. The number of benzene rings is 1. The Balaban J connectivity index is 2.36. The normalized spacial score (nSPS) is 10.0. The van der Waals surface area contributed by atoms with Crippen molar-refractivity contribution in [3.63, 3.8) is 0 Å². The van der Waals surface area contributed by atoms with Gasteiger partial charge in [0.2, 0.25) is 5.91 Å². The van der Waals surface area contributed by atoms with E-state index < -0.39 is 5.91 Å². The molecule has 4 nitrogen and oxygen atoms in total. The van der Waals surface area contributed by atoms with Crippen molar-refractivity contribution in [2.45, 2.75) is 0 Å². The number of hydrogen-bond donors (Lipinski definition) is 1. The van der Waals surface area contributed by atoms with Crippen molar-refractivity contribution >= 4 is 17.4 Å². The fourth-order valence-corrected chi connectivity index (χ4v) is 1.61. The van der Waals surface area contributed by atoms with Gasteiger partial charge < -0.3 is 5.73 Å². The van der Waals surface area contributed by atoms with E-state index in [-0.39, 0.29) is 0 Å². The fraction of sp³-hybridized carbons (Fsp3) is 0. The molecule has 1 aromatic carbocycles. The third-order valence-electron chi connectivity index (χ3n) is 1.82. The third kappa shape index (κ3) is 1.62. The molecule has 0 bridgehead atoms. The van der Waals surface area contributed by atoms with E-state index in [4.69, 9.17) is 5.73 Å². The maximum absolute atomic E-state index is 10.8. The molecule has 0 saturated heterocycles. The van der Waals surface area contributed by atoms with E-state index in [2.05, 4.69) is 9.59 Å². The summed E-state index contributed by atoms with van der Waals surface area (Å²) in [6.07, 6.45) is 1.68. The Morgan fingerprint density at radius 1 is 1.29 bits per heavy atom. The van der Waals surface area contributed by atoms with Crippen LogP contribution in [0.4, 0.5) is 0 Å². The summed E-state index contributed by atoms with van der Waals surface area (Å²) in [6, 6.07) is 7.04. The number of nitrogens with two attached hydrogens (primary N) is 1. The smallest absolute Gasteiger partial charge is 0.248 e. The highest BCUT2D eigenvalue weighted by Crippen LogP contribution is 2.21. The molecule has 0 fully saturated rings. The molecule has 1 amide bonds. The van der Waals surface area contributed by atoms with E-state index in [1.165, 1.54) is 11.5 Å². The van der Waals surface area contributed by atoms with Crippen LogP contribution in [-0.2, 0) is 0 Å². The monoisotopic (exact) mass is 205 g/mol. The molecule has 14 heavy (non-hydrogen) atoms. The molecule has 1 heterocycles. The van der Waals surface area contributed by atoms with Crippen LogP contribution in [0.5, 0.6) is 0 Å². The molecule has 0 atom stereocenters. The minimum Gasteiger partial charge on any atom is -0.366 e. The van der Waals surface area contributed by atoms with Crippen molar-refractivity contribution < 1.29 is 4.79 Å².